The Balaban J connectivity index is 2.66. The Hall–Kier alpha value is -2.36. The van der Waals surface area contributed by atoms with E-state index in [1.807, 2.05) is 32.0 Å². The SMILES string of the molecule is Cc1cc(C)cc(-c2cc(C(=O)O)c[nH]c2=O)c1. The summed E-state index contributed by atoms with van der Waals surface area (Å²) in [6.07, 6.45) is 1.21. The molecule has 1 heterocycles. The zero-order valence-corrected chi connectivity index (χ0v) is 10.2. The maximum absolute atomic E-state index is 11.8. The number of hydrogen-bond acceptors (Lipinski definition) is 2. The first kappa shape index (κ1) is 12.1. The van der Waals surface area contributed by atoms with Crippen LogP contribution in [-0.2, 0) is 0 Å². The number of nitrogens with one attached hydrogen (secondary N) is 1. The Morgan fingerprint density at radius 1 is 1.11 bits per heavy atom. The van der Waals surface area contributed by atoms with Crippen molar-refractivity contribution in [3.8, 4) is 11.1 Å². The van der Waals surface area contributed by atoms with Gasteiger partial charge in [-0.15, -0.1) is 0 Å². The van der Waals surface area contributed by atoms with Crippen LogP contribution < -0.4 is 5.56 Å². The number of carbonyl (C=O) groups is 1. The number of carboxylic acid groups (broad SMARTS) is 1. The number of aryl methyl sites for hydroxylation is 2. The molecule has 0 saturated heterocycles. The average molecular weight is 243 g/mol. The van der Waals surface area contributed by atoms with Crippen molar-refractivity contribution in [2.75, 3.05) is 0 Å². The van der Waals surface area contributed by atoms with Crippen molar-refractivity contribution in [1.29, 1.82) is 0 Å². The van der Waals surface area contributed by atoms with E-state index in [4.69, 9.17) is 5.11 Å². The smallest absolute Gasteiger partial charge is 0.337 e. The van der Waals surface area contributed by atoms with Crippen LogP contribution >= 0.6 is 0 Å². The number of aromatic nitrogens is 1. The average Bonchev–Trinajstić information content (AvgIpc) is 2.27. The highest BCUT2D eigenvalue weighted by Gasteiger charge is 2.09. The van der Waals surface area contributed by atoms with Gasteiger partial charge < -0.3 is 10.1 Å². The van der Waals surface area contributed by atoms with Crippen LogP contribution in [0, 0.1) is 13.8 Å². The number of rotatable bonds is 2. The van der Waals surface area contributed by atoms with Gasteiger partial charge >= 0.3 is 5.97 Å². The second kappa shape index (κ2) is 4.49. The third-order valence-corrected chi connectivity index (χ3v) is 2.68. The lowest BCUT2D eigenvalue weighted by Gasteiger charge is -2.05. The minimum absolute atomic E-state index is 0.0729. The summed E-state index contributed by atoms with van der Waals surface area (Å²) in [6, 6.07) is 7.13. The minimum Gasteiger partial charge on any atom is -0.478 e. The summed E-state index contributed by atoms with van der Waals surface area (Å²) in [4.78, 5) is 25.1. The first-order valence-electron chi connectivity index (χ1n) is 5.52. The molecule has 1 aromatic heterocycles. The van der Waals surface area contributed by atoms with Crippen LogP contribution in [0.2, 0.25) is 0 Å². The highest BCUT2D eigenvalue weighted by atomic mass is 16.4. The van der Waals surface area contributed by atoms with Crippen molar-refractivity contribution in [3.05, 3.63) is 57.5 Å². The van der Waals surface area contributed by atoms with Gasteiger partial charge in [-0.3, -0.25) is 4.79 Å². The molecule has 0 aliphatic carbocycles. The lowest BCUT2D eigenvalue weighted by atomic mass is 10.0. The van der Waals surface area contributed by atoms with Gasteiger partial charge in [0.1, 0.15) is 0 Å². The van der Waals surface area contributed by atoms with Crippen LogP contribution in [0.4, 0.5) is 0 Å². The lowest BCUT2D eigenvalue weighted by Crippen LogP contribution is -2.11. The van der Waals surface area contributed by atoms with Crippen LogP contribution in [0.15, 0.2) is 35.3 Å². The molecule has 4 nitrogen and oxygen atoms in total. The first-order chi connectivity index (χ1) is 8.47. The minimum atomic E-state index is -1.06. The normalized spacial score (nSPS) is 10.3. The number of carboxylic acids is 1. The van der Waals surface area contributed by atoms with Crippen molar-refractivity contribution in [2.45, 2.75) is 13.8 Å². The van der Waals surface area contributed by atoms with Crippen molar-refractivity contribution >= 4 is 5.97 Å². The first-order valence-corrected chi connectivity index (χ1v) is 5.52. The van der Waals surface area contributed by atoms with Gasteiger partial charge in [-0.05, 0) is 25.5 Å². The summed E-state index contributed by atoms with van der Waals surface area (Å²) in [5, 5.41) is 8.93. The molecule has 2 N–H and O–H groups in total. The van der Waals surface area contributed by atoms with Crippen LogP contribution in [-0.4, -0.2) is 16.1 Å². The molecule has 2 rings (SSSR count). The van der Waals surface area contributed by atoms with Crippen molar-refractivity contribution in [3.63, 3.8) is 0 Å². The summed E-state index contributed by atoms with van der Waals surface area (Å²) in [5.74, 6) is -1.06. The fourth-order valence-electron chi connectivity index (χ4n) is 1.95. The molecule has 0 bridgehead atoms. The highest BCUT2D eigenvalue weighted by molar-refractivity contribution is 5.88. The summed E-state index contributed by atoms with van der Waals surface area (Å²) >= 11 is 0. The number of pyridine rings is 1. The van der Waals surface area contributed by atoms with Gasteiger partial charge in [0.2, 0.25) is 0 Å². The predicted molar refractivity (Wildman–Crippen MR) is 68.9 cm³/mol. The molecular weight excluding hydrogens is 230 g/mol. The van der Waals surface area contributed by atoms with Gasteiger partial charge in [-0.25, -0.2) is 4.79 Å². The molecule has 4 heteroatoms. The second-order valence-corrected chi connectivity index (χ2v) is 4.31. The number of hydrogen-bond donors (Lipinski definition) is 2. The monoisotopic (exact) mass is 243 g/mol. The predicted octanol–water partition coefficient (Wildman–Crippen LogP) is 2.36. The summed E-state index contributed by atoms with van der Waals surface area (Å²) in [5.41, 5.74) is 2.96. The molecule has 0 aliphatic rings. The highest BCUT2D eigenvalue weighted by Crippen LogP contribution is 2.19. The number of aromatic amines is 1. The van der Waals surface area contributed by atoms with Crippen LogP contribution in [0.3, 0.4) is 0 Å². The molecule has 0 radical (unpaired) electrons. The molecule has 18 heavy (non-hydrogen) atoms. The van der Waals surface area contributed by atoms with Crippen molar-refractivity contribution in [1.82, 2.24) is 4.98 Å². The topological polar surface area (TPSA) is 70.2 Å². The Morgan fingerprint density at radius 2 is 1.72 bits per heavy atom. The van der Waals surface area contributed by atoms with Crippen molar-refractivity contribution < 1.29 is 9.90 Å². The molecule has 1 aromatic carbocycles. The molecule has 0 unspecified atom stereocenters. The van der Waals surface area contributed by atoms with E-state index in [-0.39, 0.29) is 11.1 Å². The van der Waals surface area contributed by atoms with E-state index in [2.05, 4.69) is 4.98 Å². The van der Waals surface area contributed by atoms with E-state index in [9.17, 15) is 9.59 Å². The molecule has 92 valence electrons. The van der Waals surface area contributed by atoms with E-state index < -0.39 is 5.97 Å². The second-order valence-electron chi connectivity index (χ2n) is 4.31. The van der Waals surface area contributed by atoms with Gasteiger partial charge in [0.15, 0.2) is 0 Å². The summed E-state index contributed by atoms with van der Waals surface area (Å²) < 4.78 is 0. The fraction of sp³-hybridized carbons (Fsp3) is 0.143. The van der Waals surface area contributed by atoms with Gasteiger partial charge in [0.05, 0.1) is 5.56 Å². The van der Waals surface area contributed by atoms with Gasteiger partial charge in [-0.1, -0.05) is 29.3 Å². The summed E-state index contributed by atoms with van der Waals surface area (Å²) in [6.45, 7) is 3.87. The molecule has 0 aliphatic heterocycles. The third kappa shape index (κ3) is 2.32. The summed E-state index contributed by atoms with van der Waals surface area (Å²) in [7, 11) is 0. The Morgan fingerprint density at radius 3 is 2.28 bits per heavy atom. The van der Waals surface area contributed by atoms with Gasteiger partial charge in [-0.2, -0.15) is 0 Å². The Kier molecular flexibility index (Phi) is 3.02. The van der Waals surface area contributed by atoms with Gasteiger partial charge in [0.25, 0.3) is 5.56 Å². The van der Waals surface area contributed by atoms with Crippen LogP contribution in [0.25, 0.3) is 11.1 Å². The van der Waals surface area contributed by atoms with Gasteiger partial charge in [0, 0.05) is 11.8 Å². The maximum Gasteiger partial charge on any atom is 0.337 e. The number of H-pyrrole nitrogens is 1. The zero-order valence-electron chi connectivity index (χ0n) is 10.2. The van der Waals surface area contributed by atoms with Crippen LogP contribution in [0.5, 0.6) is 0 Å². The Labute approximate surface area is 104 Å². The third-order valence-electron chi connectivity index (χ3n) is 2.68. The van der Waals surface area contributed by atoms with E-state index in [0.717, 1.165) is 16.7 Å². The molecule has 0 atom stereocenters. The number of aromatic carboxylic acids is 1. The van der Waals surface area contributed by atoms with E-state index in [1.54, 1.807) is 0 Å². The lowest BCUT2D eigenvalue weighted by molar-refractivity contribution is 0.0696. The fourth-order valence-corrected chi connectivity index (χ4v) is 1.95. The molecular formula is C14H13NO3. The maximum atomic E-state index is 11.8. The van der Waals surface area contributed by atoms with E-state index >= 15 is 0 Å². The zero-order chi connectivity index (χ0) is 13.3. The molecule has 2 aromatic rings. The molecule has 0 amide bonds. The Bertz CT molecular complexity index is 651. The standard InChI is InChI=1S/C14H13NO3/c1-8-3-9(2)5-10(4-8)12-6-11(14(17)18)7-15-13(12)16/h3-7H,1-2H3,(H,15,16)(H,17,18). The molecule has 0 spiro atoms. The van der Waals surface area contributed by atoms with Crippen molar-refractivity contribution in [2.24, 2.45) is 0 Å². The van der Waals surface area contributed by atoms with E-state index in [1.165, 1.54) is 12.3 Å². The molecule has 0 saturated carbocycles. The van der Waals surface area contributed by atoms with E-state index in [0.29, 0.717) is 5.56 Å². The molecule has 0 fully saturated rings. The quantitative estimate of drug-likeness (QED) is 0.850. The number of benzene rings is 1. The van der Waals surface area contributed by atoms with Crippen LogP contribution in [0.1, 0.15) is 21.5 Å². The largest absolute Gasteiger partial charge is 0.478 e.